The molecule has 0 spiro atoms. The van der Waals surface area contributed by atoms with Crippen molar-refractivity contribution in [2.45, 2.75) is 32.6 Å². The van der Waals surface area contributed by atoms with Crippen LogP contribution in [0.5, 0.6) is 0 Å². The first-order valence-corrected chi connectivity index (χ1v) is 11.4. The number of hydrogen-bond acceptors (Lipinski definition) is 3. The Balaban J connectivity index is 1.35. The molecule has 1 aliphatic rings. The van der Waals surface area contributed by atoms with Crippen molar-refractivity contribution in [3.63, 3.8) is 0 Å². The van der Waals surface area contributed by atoms with Gasteiger partial charge in [0.1, 0.15) is 5.82 Å². The lowest BCUT2D eigenvalue weighted by atomic mass is 9.95. The van der Waals surface area contributed by atoms with Crippen LogP contribution in [0.15, 0.2) is 59.2 Å². The van der Waals surface area contributed by atoms with E-state index in [0.717, 1.165) is 64.5 Å². The van der Waals surface area contributed by atoms with E-state index < -0.39 is 0 Å². The fraction of sp³-hybridized carbons (Fsp3) is 0.292. The summed E-state index contributed by atoms with van der Waals surface area (Å²) in [5, 5.41) is 8.70. The molecule has 0 N–H and O–H groups in total. The first kappa shape index (κ1) is 20.0. The minimum Gasteiger partial charge on any atom is -0.339 e. The quantitative estimate of drug-likeness (QED) is 0.420. The molecule has 3 aromatic heterocycles. The molecule has 1 aromatic carbocycles. The zero-order valence-electron chi connectivity index (χ0n) is 17.6. The molecule has 5 rings (SSSR count). The Morgan fingerprint density at radius 1 is 1.03 bits per heavy atom. The monoisotopic (exact) mass is 477 g/mol. The molecule has 1 aliphatic heterocycles. The van der Waals surface area contributed by atoms with E-state index in [4.69, 9.17) is 0 Å². The number of amides is 1. The molecule has 31 heavy (non-hydrogen) atoms. The molecule has 0 radical (unpaired) electrons. The number of halogens is 1. The van der Waals surface area contributed by atoms with Crippen LogP contribution in [0.4, 0.5) is 0 Å². The topological polar surface area (TPSA) is 55.4 Å². The molecule has 4 heterocycles. The summed E-state index contributed by atoms with van der Waals surface area (Å²) in [7, 11) is 0. The maximum Gasteiger partial charge on any atom is 0.255 e. The van der Waals surface area contributed by atoms with Gasteiger partial charge in [0.15, 0.2) is 5.65 Å². The smallest absolute Gasteiger partial charge is 0.255 e. The largest absolute Gasteiger partial charge is 0.339 e. The number of piperidine rings is 1. The molecule has 0 bridgehead atoms. The van der Waals surface area contributed by atoms with E-state index in [2.05, 4.69) is 47.2 Å². The number of aryl methyl sites for hydroxylation is 1. The maximum atomic E-state index is 13.4. The number of benzene rings is 1. The van der Waals surface area contributed by atoms with Gasteiger partial charge in [-0.2, -0.15) is 0 Å². The van der Waals surface area contributed by atoms with Gasteiger partial charge in [-0.3, -0.25) is 9.20 Å². The zero-order valence-corrected chi connectivity index (χ0v) is 19.2. The van der Waals surface area contributed by atoms with E-state index in [1.807, 2.05) is 61.3 Å². The molecule has 158 valence electrons. The number of fused-ring (bicyclic) bond motifs is 1. The number of carbonyl (C=O) groups excluding carboxylic acids is 1. The molecule has 4 aromatic rings. The molecular weight excluding hydrogens is 454 g/mol. The van der Waals surface area contributed by atoms with E-state index in [9.17, 15) is 4.79 Å². The first-order valence-electron chi connectivity index (χ1n) is 10.6. The van der Waals surface area contributed by atoms with Crippen LogP contribution in [0.3, 0.4) is 0 Å². The van der Waals surface area contributed by atoms with Crippen molar-refractivity contribution in [2.24, 2.45) is 0 Å². The maximum absolute atomic E-state index is 13.4. The van der Waals surface area contributed by atoms with Gasteiger partial charge in [-0.15, -0.1) is 10.2 Å². The minimum absolute atomic E-state index is 0.110. The Kier molecular flexibility index (Phi) is 5.14. The molecule has 1 amide bonds. The van der Waals surface area contributed by atoms with Gasteiger partial charge in [0, 0.05) is 46.8 Å². The van der Waals surface area contributed by atoms with E-state index in [1.165, 1.54) is 0 Å². The van der Waals surface area contributed by atoms with Gasteiger partial charge in [-0.25, -0.2) is 0 Å². The van der Waals surface area contributed by atoms with Crippen LogP contribution in [0, 0.1) is 13.8 Å². The van der Waals surface area contributed by atoms with Gasteiger partial charge < -0.3 is 9.47 Å². The average molecular weight is 478 g/mol. The second kappa shape index (κ2) is 7.96. The van der Waals surface area contributed by atoms with Crippen molar-refractivity contribution in [1.82, 2.24) is 24.1 Å². The van der Waals surface area contributed by atoms with Crippen molar-refractivity contribution in [3.05, 3.63) is 82.0 Å². The van der Waals surface area contributed by atoms with E-state index in [1.54, 1.807) is 0 Å². The molecular formula is C24H24BrN5O. The normalized spacial score (nSPS) is 15.0. The Labute approximate surface area is 189 Å². The number of carbonyl (C=O) groups is 1. The van der Waals surface area contributed by atoms with Crippen LogP contribution in [0.2, 0.25) is 0 Å². The van der Waals surface area contributed by atoms with Crippen molar-refractivity contribution in [3.8, 4) is 5.69 Å². The van der Waals surface area contributed by atoms with E-state index in [0.29, 0.717) is 5.92 Å². The highest BCUT2D eigenvalue weighted by molar-refractivity contribution is 9.10. The lowest BCUT2D eigenvalue weighted by molar-refractivity contribution is 0.0710. The Bertz CT molecular complexity index is 1270. The van der Waals surface area contributed by atoms with Gasteiger partial charge in [0.05, 0.1) is 5.56 Å². The van der Waals surface area contributed by atoms with Gasteiger partial charge >= 0.3 is 0 Å². The number of hydrogen-bond donors (Lipinski definition) is 0. The summed E-state index contributed by atoms with van der Waals surface area (Å²) in [6, 6.07) is 16.1. The number of rotatable bonds is 3. The molecule has 7 heteroatoms. The number of likely N-dealkylation sites (tertiary alicyclic amines) is 1. The van der Waals surface area contributed by atoms with E-state index >= 15 is 0 Å². The number of aromatic nitrogens is 4. The third kappa shape index (κ3) is 3.57. The van der Waals surface area contributed by atoms with Gasteiger partial charge in [0.2, 0.25) is 0 Å². The van der Waals surface area contributed by atoms with Crippen LogP contribution < -0.4 is 0 Å². The number of pyridine rings is 1. The molecule has 0 atom stereocenters. The third-order valence-electron chi connectivity index (χ3n) is 6.22. The summed E-state index contributed by atoms with van der Waals surface area (Å²) < 4.78 is 5.23. The van der Waals surface area contributed by atoms with Crippen LogP contribution in [0.1, 0.15) is 46.3 Å². The summed E-state index contributed by atoms with van der Waals surface area (Å²) in [4.78, 5) is 15.3. The second-order valence-corrected chi connectivity index (χ2v) is 9.07. The Morgan fingerprint density at radius 3 is 2.61 bits per heavy atom. The summed E-state index contributed by atoms with van der Waals surface area (Å²) in [6.07, 6.45) is 3.80. The predicted molar refractivity (Wildman–Crippen MR) is 124 cm³/mol. The molecule has 1 fully saturated rings. The average Bonchev–Trinajstić information content (AvgIpc) is 3.34. The summed E-state index contributed by atoms with van der Waals surface area (Å²) >= 11 is 3.54. The highest BCUT2D eigenvalue weighted by Gasteiger charge is 2.29. The lowest BCUT2D eigenvalue weighted by Gasteiger charge is -2.31. The van der Waals surface area contributed by atoms with Gasteiger partial charge in [-0.1, -0.05) is 28.1 Å². The zero-order chi connectivity index (χ0) is 21.5. The molecule has 1 saturated heterocycles. The summed E-state index contributed by atoms with van der Waals surface area (Å²) in [5.41, 5.74) is 4.75. The fourth-order valence-corrected chi connectivity index (χ4v) is 5.03. The van der Waals surface area contributed by atoms with Crippen molar-refractivity contribution >= 4 is 27.5 Å². The van der Waals surface area contributed by atoms with Crippen LogP contribution in [0.25, 0.3) is 11.3 Å². The van der Waals surface area contributed by atoms with Crippen molar-refractivity contribution < 1.29 is 4.79 Å². The summed E-state index contributed by atoms with van der Waals surface area (Å²) in [5.74, 6) is 1.42. The second-order valence-electron chi connectivity index (χ2n) is 8.15. The predicted octanol–water partition coefficient (Wildman–Crippen LogP) is 4.92. The molecule has 0 aliphatic carbocycles. The Morgan fingerprint density at radius 2 is 1.84 bits per heavy atom. The van der Waals surface area contributed by atoms with E-state index in [-0.39, 0.29) is 5.91 Å². The fourth-order valence-electron chi connectivity index (χ4n) is 4.64. The van der Waals surface area contributed by atoms with Crippen LogP contribution in [-0.2, 0) is 0 Å². The molecule has 6 nitrogen and oxygen atoms in total. The standard InChI is InChI=1S/C24H24BrN5O/c1-16-14-21(17(2)30(16)20-7-5-6-19(25)15-20)24(31)28-12-9-18(10-13-28)23-27-26-22-8-3-4-11-29(22)23/h3-8,11,14-15,18H,9-10,12-13H2,1-2H3. The highest BCUT2D eigenvalue weighted by Crippen LogP contribution is 2.29. The number of nitrogens with zero attached hydrogens (tertiary/aromatic N) is 5. The summed E-state index contributed by atoms with van der Waals surface area (Å²) in [6.45, 7) is 5.53. The third-order valence-corrected chi connectivity index (χ3v) is 6.71. The Hall–Kier alpha value is -2.93. The highest BCUT2D eigenvalue weighted by atomic mass is 79.9. The van der Waals surface area contributed by atoms with Gasteiger partial charge in [-0.05, 0) is 63.1 Å². The lowest BCUT2D eigenvalue weighted by Crippen LogP contribution is -2.38. The minimum atomic E-state index is 0.110. The van der Waals surface area contributed by atoms with Crippen LogP contribution >= 0.6 is 15.9 Å². The molecule has 0 saturated carbocycles. The first-order chi connectivity index (χ1) is 15.0. The van der Waals surface area contributed by atoms with Crippen molar-refractivity contribution in [1.29, 1.82) is 0 Å². The van der Waals surface area contributed by atoms with Crippen molar-refractivity contribution in [2.75, 3.05) is 13.1 Å². The SMILES string of the molecule is Cc1cc(C(=O)N2CCC(c3nnc4ccccn34)CC2)c(C)n1-c1cccc(Br)c1. The van der Waals surface area contributed by atoms with Crippen LogP contribution in [-0.4, -0.2) is 43.1 Å². The van der Waals surface area contributed by atoms with Gasteiger partial charge in [0.25, 0.3) is 5.91 Å². The molecule has 0 unspecified atom stereocenters.